The van der Waals surface area contributed by atoms with Gasteiger partial charge in [-0.3, -0.25) is 0 Å². The number of nitrogens with one attached hydrogen (secondary N) is 2. The van der Waals surface area contributed by atoms with Gasteiger partial charge in [0.25, 0.3) is 0 Å². The first-order chi connectivity index (χ1) is 10.6. The minimum absolute atomic E-state index is 0.0119. The lowest BCUT2D eigenvalue weighted by Gasteiger charge is -2.35. The van der Waals surface area contributed by atoms with E-state index in [0.717, 1.165) is 6.07 Å². The molecule has 1 atom stereocenters. The van der Waals surface area contributed by atoms with Crippen molar-refractivity contribution >= 4 is 17.3 Å². The van der Waals surface area contributed by atoms with Crippen LogP contribution < -0.4 is 10.6 Å². The molecule has 0 unspecified atom stereocenters. The van der Waals surface area contributed by atoms with Crippen LogP contribution in [-0.2, 0) is 6.18 Å². The van der Waals surface area contributed by atoms with Gasteiger partial charge in [-0.25, -0.2) is 0 Å². The summed E-state index contributed by atoms with van der Waals surface area (Å²) in [5.74, 6) is 0. The second-order valence-electron chi connectivity index (χ2n) is 6.27. The molecule has 0 saturated heterocycles. The van der Waals surface area contributed by atoms with Gasteiger partial charge < -0.3 is 10.6 Å². The maximum absolute atomic E-state index is 13.3. The lowest BCUT2D eigenvalue weighted by molar-refractivity contribution is -0.138. The van der Waals surface area contributed by atoms with Crippen molar-refractivity contribution in [2.45, 2.75) is 33.0 Å². The summed E-state index contributed by atoms with van der Waals surface area (Å²) < 4.78 is 39.9. The van der Waals surface area contributed by atoms with Gasteiger partial charge in [-0.15, -0.1) is 0 Å². The molecule has 3 nitrogen and oxygen atoms in total. The average Bonchev–Trinajstić information content (AvgIpc) is 2.44. The number of nitriles is 1. The topological polar surface area (TPSA) is 47.9 Å². The first kappa shape index (κ1) is 17.3. The third-order valence-corrected chi connectivity index (χ3v) is 3.74. The molecule has 2 N–H and O–H groups in total. The van der Waals surface area contributed by atoms with Crippen LogP contribution in [0.3, 0.4) is 0 Å². The molecule has 0 aliphatic carbocycles. The fourth-order valence-electron chi connectivity index (χ4n) is 2.52. The summed E-state index contributed by atoms with van der Waals surface area (Å²) in [6.45, 7) is 5.61. The molecule has 0 aromatic heterocycles. The Morgan fingerprint density at radius 3 is 2.30 bits per heavy atom. The second-order valence-corrected chi connectivity index (χ2v) is 6.68. The van der Waals surface area contributed by atoms with Gasteiger partial charge in [0.15, 0.2) is 5.11 Å². The fourth-order valence-corrected chi connectivity index (χ4v) is 2.74. The van der Waals surface area contributed by atoms with Gasteiger partial charge in [0.1, 0.15) is 0 Å². The predicted octanol–water partition coefficient (Wildman–Crippen LogP) is 4.05. The zero-order valence-corrected chi connectivity index (χ0v) is 13.7. The molecule has 122 valence electrons. The van der Waals surface area contributed by atoms with Crippen LogP contribution >= 0.6 is 12.2 Å². The maximum Gasteiger partial charge on any atom is 0.416 e. The van der Waals surface area contributed by atoms with Crippen LogP contribution in [0.4, 0.5) is 13.2 Å². The Labute approximate surface area is 138 Å². The summed E-state index contributed by atoms with van der Waals surface area (Å²) in [6, 6.07) is 6.32. The van der Waals surface area contributed by atoms with E-state index in [0.29, 0.717) is 5.70 Å². The van der Waals surface area contributed by atoms with Crippen LogP contribution in [0, 0.1) is 16.7 Å². The first-order valence-corrected chi connectivity index (χ1v) is 7.35. The minimum Gasteiger partial charge on any atom is -0.351 e. The van der Waals surface area contributed by atoms with E-state index in [1.807, 2.05) is 26.8 Å². The third kappa shape index (κ3) is 3.48. The van der Waals surface area contributed by atoms with E-state index in [1.165, 1.54) is 18.2 Å². The van der Waals surface area contributed by atoms with E-state index < -0.39 is 23.2 Å². The van der Waals surface area contributed by atoms with Gasteiger partial charge in [0.05, 0.1) is 23.2 Å². The molecule has 1 aromatic rings. The molecule has 1 aromatic carbocycles. The van der Waals surface area contributed by atoms with Gasteiger partial charge >= 0.3 is 6.18 Å². The molecular formula is C16H16F3N3S. The Hall–Kier alpha value is -2.07. The molecule has 0 spiro atoms. The third-order valence-electron chi connectivity index (χ3n) is 3.52. The molecule has 2 rings (SSSR count). The van der Waals surface area contributed by atoms with Gasteiger partial charge in [0.2, 0.25) is 0 Å². The van der Waals surface area contributed by atoms with Gasteiger partial charge in [-0.2, -0.15) is 18.4 Å². The Kier molecular flexibility index (Phi) is 4.40. The maximum atomic E-state index is 13.3. The van der Waals surface area contributed by atoms with Gasteiger partial charge in [-0.05, 0) is 23.8 Å². The summed E-state index contributed by atoms with van der Waals surface area (Å²) in [5, 5.41) is 15.4. The number of benzene rings is 1. The summed E-state index contributed by atoms with van der Waals surface area (Å²) >= 11 is 5.12. The van der Waals surface area contributed by atoms with Crippen molar-refractivity contribution in [2.24, 2.45) is 5.41 Å². The summed E-state index contributed by atoms with van der Waals surface area (Å²) in [4.78, 5) is 0. The molecule has 7 heteroatoms. The molecule has 1 heterocycles. The monoisotopic (exact) mass is 339 g/mol. The lowest BCUT2D eigenvalue weighted by Crippen LogP contribution is -2.47. The molecular weight excluding hydrogens is 323 g/mol. The zero-order chi connectivity index (χ0) is 17.4. The van der Waals surface area contributed by atoms with Crippen molar-refractivity contribution in [3.63, 3.8) is 0 Å². The van der Waals surface area contributed by atoms with Crippen molar-refractivity contribution in [2.75, 3.05) is 0 Å². The van der Waals surface area contributed by atoms with Crippen LogP contribution in [0.5, 0.6) is 0 Å². The van der Waals surface area contributed by atoms with E-state index in [1.54, 1.807) is 0 Å². The van der Waals surface area contributed by atoms with Gasteiger partial charge in [0, 0.05) is 11.1 Å². The lowest BCUT2D eigenvalue weighted by atomic mass is 9.83. The Balaban J connectivity index is 2.68. The molecule has 0 fully saturated rings. The highest BCUT2D eigenvalue weighted by atomic mass is 32.1. The molecule has 0 radical (unpaired) electrons. The van der Waals surface area contributed by atoms with Crippen molar-refractivity contribution in [1.29, 1.82) is 5.26 Å². The minimum atomic E-state index is -4.51. The van der Waals surface area contributed by atoms with Crippen LogP contribution in [0.1, 0.15) is 37.9 Å². The number of hydrogen-bond donors (Lipinski definition) is 2. The van der Waals surface area contributed by atoms with Crippen LogP contribution in [0.2, 0.25) is 0 Å². The number of thiocarbonyl (C=S) groups is 1. The zero-order valence-electron chi connectivity index (χ0n) is 12.9. The van der Waals surface area contributed by atoms with Gasteiger partial charge in [-0.1, -0.05) is 39.0 Å². The van der Waals surface area contributed by atoms with E-state index in [-0.39, 0.29) is 16.2 Å². The number of alkyl halides is 3. The highest BCUT2D eigenvalue weighted by Gasteiger charge is 2.39. The van der Waals surface area contributed by atoms with Crippen LogP contribution in [-0.4, -0.2) is 5.11 Å². The Bertz CT molecular complexity index is 709. The second kappa shape index (κ2) is 5.85. The normalized spacial score (nSPS) is 19.0. The molecule has 1 aliphatic heterocycles. The quantitative estimate of drug-likeness (QED) is 0.758. The molecule has 0 saturated carbocycles. The number of hydrogen-bond acceptors (Lipinski definition) is 2. The predicted molar refractivity (Wildman–Crippen MR) is 85.1 cm³/mol. The largest absolute Gasteiger partial charge is 0.416 e. The average molecular weight is 339 g/mol. The summed E-state index contributed by atoms with van der Waals surface area (Å²) in [5.41, 5.74) is -0.498. The van der Waals surface area contributed by atoms with Crippen LogP contribution in [0.25, 0.3) is 0 Å². The van der Waals surface area contributed by atoms with Crippen molar-refractivity contribution in [1.82, 2.24) is 10.6 Å². The van der Waals surface area contributed by atoms with E-state index >= 15 is 0 Å². The van der Waals surface area contributed by atoms with Crippen molar-refractivity contribution in [3.8, 4) is 6.07 Å². The number of nitrogens with zero attached hydrogens (tertiary/aromatic N) is 1. The fraction of sp³-hybridized carbons (Fsp3) is 0.375. The standard InChI is InChI=1S/C16H16F3N3S/c1-15(2,3)13-10(8-20)12(21-14(23)22-13)9-6-4-5-7-11(9)16(17,18)19/h4-7,12H,1-3H3,(H2,21,22,23)/t12-/m1/s1. The number of rotatable bonds is 1. The van der Waals surface area contributed by atoms with E-state index in [9.17, 15) is 18.4 Å². The van der Waals surface area contributed by atoms with E-state index in [2.05, 4.69) is 10.6 Å². The first-order valence-electron chi connectivity index (χ1n) is 6.94. The molecule has 23 heavy (non-hydrogen) atoms. The highest BCUT2D eigenvalue weighted by molar-refractivity contribution is 7.80. The molecule has 1 aliphatic rings. The SMILES string of the molecule is CC(C)(C)C1=C(C#N)[C@@H](c2ccccc2C(F)(F)F)NC(=S)N1. The number of halogens is 3. The van der Waals surface area contributed by atoms with E-state index in [4.69, 9.17) is 12.2 Å². The molecule has 0 bridgehead atoms. The Morgan fingerprint density at radius 1 is 1.17 bits per heavy atom. The smallest absolute Gasteiger partial charge is 0.351 e. The molecule has 0 amide bonds. The highest BCUT2D eigenvalue weighted by Crippen LogP contribution is 2.40. The number of allylic oxidation sites excluding steroid dienone is 1. The van der Waals surface area contributed by atoms with Crippen LogP contribution in [0.15, 0.2) is 35.5 Å². The van der Waals surface area contributed by atoms with Crippen molar-refractivity contribution in [3.05, 3.63) is 46.7 Å². The Morgan fingerprint density at radius 2 is 1.78 bits per heavy atom. The summed E-state index contributed by atoms with van der Waals surface area (Å²) in [7, 11) is 0. The summed E-state index contributed by atoms with van der Waals surface area (Å²) in [6.07, 6.45) is -4.51. The van der Waals surface area contributed by atoms with Crippen molar-refractivity contribution < 1.29 is 13.2 Å².